The molecular weight excluding hydrogens is 282 g/mol. The zero-order chi connectivity index (χ0) is 15.7. The van der Waals surface area contributed by atoms with Crippen LogP contribution in [0.3, 0.4) is 0 Å². The fourth-order valence-electron chi connectivity index (χ4n) is 2.64. The number of carbonyl (C=O) groups is 1. The van der Waals surface area contributed by atoms with Gasteiger partial charge in [0.05, 0.1) is 6.54 Å². The van der Waals surface area contributed by atoms with Crippen LogP contribution in [0.1, 0.15) is 21.9 Å². The normalized spacial score (nSPS) is 16.0. The number of ether oxygens (including phenoxy) is 1. The highest BCUT2D eigenvalue weighted by atomic mass is 16.5. The molecule has 0 fully saturated rings. The quantitative estimate of drug-likeness (QED) is 0.870. The average Bonchev–Trinajstić information content (AvgIpc) is 2.87. The molecule has 0 N–H and O–H groups in total. The van der Waals surface area contributed by atoms with Crippen LogP contribution in [0.25, 0.3) is 0 Å². The van der Waals surface area contributed by atoms with Crippen LogP contribution < -0.4 is 10.2 Å². The average molecular weight is 299 g/mol. The van der Waals surface area contributed by atoms with Crippen LogP contribution in [0.15, 0.2) is 45.6 Å². The molecule has 2 heterocycles. The molecule has 0 aliphatic carbocycles. The van der Waals surface area contributed by atoms with Crippen LogP contribution >= 0.6 is 0 Å². The van der Waals surface area contributed by atoms with Gasteiger partial charge in [0.2, 0.25) is 0 Å². The Labute approximate surface area is 128 Å². The fraction of sp³-hybridized carbons (Fsp3) is 0.294. The first kappa shape index (κ1) is 14.4. The molecule has 5 heteroatoms. The first-order valence-corrected chi connectivity index (χ1v) is 7.15. The summed E-state index contributed by atoms with van der Waals surface area (Å²) in [5.41, 5.74) is 0.917. The highest BCUT2D eigenvalue weighted by Gasteiger charge is 2.26. The molecule has 1 aromatic carbocycles. The minimum atomic E-state index is -0.319. The van der Waals surface area contributed by atoms with Crippen molar-refractivity contribution in [2.45, 2.75) is 19.4 Å². The van der Waals surface area contributed by atoms with Gasteiger partial charge in [0.1, 0.15) is 17.6 Å². The molecule has 0 saturated heterocycles. The summed E-state index contributed by atoms with van der Waals surface area (Å²) < 4.78 is 11.2. The van der Waals surface area contributed by atoms with Gasteiger partial charge in [0.15, 0.2) is 11.2 Å². The summed E-state index contributed by atoms with van der Waals surface area (Å²) in [5, 5.41) is 0. The lowest BCUT2D eigenvalue weighted by Crippen LogP contribution is -2.36. The van der Waals surface area contributed by atoms with Gasteiger partial charge in [-0.25, -0.2) is 0 Å². The van der Waals surface area contributed by atoms with Gasteiger partial charge < -0.3 is 14.1 Å². The monoisotopic (exact) mass is 299 g/mol. The minimum absolute atomic E-state index is 0.0583. The van der Waals surface area contributed by atoms with Crippen molar-refractivity contribution in [3.8, 4) is 5.75 Å². The van der Waals surface area contributed by atoms with Crippen LogP contribution in [0.2, 0.25) is 0 Å². The molecule has 2 aromatic rings. The van der Waals surface area contributed by atoms with Gasteiger partial charge in [-0.3, -0.25) is 9.59 Å². The lowest BCUT2D eigenvalue weighted by atomic mass is 10.1. The topological polar surface area (TPSA) is 59.8 Å². The summed E-state index contributed by atoms with van der Waals surface area (Å²) in [6.07, 6.45) is 0.689. The second kappa shape index (κ2) is 5.67. The van der Waals surface area contributed by atoms with E-state index in [4.69, 9.17) is 9.15 Å². The van der Waals surface area contributed by atoms with E-state index in [0.717, 1.165) is 17.7 Å². The van der Waals surface area contributed by atoms with E-state index in [-0.39, 0.29) is 23.2 Å². The first-order valence-electron chi connectivity index (χ1n) is 7.15. The summed E-state index contributed by atoms with van der Waals surface area (Å²) in [6, 6.07) is 10.4. The predicted molar refractivity (Wildman–Crippen MR) is 81.2 cm³/mol. The zero-order valence-corrected chi connectivity index (χ0v) is 12.5. The molecule has 1 aliphatic rings. The molecule has 1 unspecified atom stereocenters. The Balaban J connectivity index is 1.69. The number of fused-ring (bicyclic) bond motifs is 1. The van der Waals surface area contributed by atoms with Gasteiger partial charge >= 0.3 is 0 Å². The van der Waals surface area contributed by atoms with Crippen molar-refractivity contribution in [1.29, 1.82) is 0 Å². The number of rotatable bonds is 3. The molecule has 0 spiro atoms. The number of aryl methyl sites for hydroxylation is 1. The second-order valence-corrected chi connectivity index (χ2v) is 5.51. The van der Waals surface area contributed by atoms with Crippen molar-refractivity contribution in [3.63, 3.8) is 0 Å². The lowest BCUT2D eigenvalue weighted by molar-refractivity contribution is 0.0695. The maximum Gasteiger partial charge on any atom is 0.289 e. The minimum Gasteiger partial charge on any atom is -0.488 e. The molecule has 1 amide bonds. The fourth-order valence-corrected chi connectivity index (χ4v) is 2.64. The van der Waals surface area contributed by atoms with Crippen molar-refractivity contribution < 1.29 is 13.9 Å². The largest absolute Gasteiger partial charge is 0.488 e. The molecule has 1 aliphatic heterocycles. The Bertz CT molecular complexity index is 740. The first-order chi connectivity index (χ1) is 10.5. The molecule has 0 bridgehead atoms. The van der Waals surface area contributed by atoms with E-state index in [2.05, 4.69) is 0 Å². The van der Waals surface area contributed by atoms with E-state index in [1.165, 1.54) is 17.0 Å². The molecule has 22 heavy (non-hydrogen) atoms. The van der Waals surface area contributed by atoms with Crippen molar-refractivity contribution >= 4 is 5.91 Å². The Kier molecular flexibility index (Phi) is 3.71. The molecule has 5 nitrogen and oxygen atoms in total. The van der Waals surface area contributed by atoms with Crippen LogP contribution in [0.5, 0.6) is 5.75 Å². The van der Waals surface area contributed by atoms with Crippen molar-refractivity contribution in [2.75, 3.05) is 13.6 Å². The van der Waals surface area contributed by atoms with Crippen molar-refractivity contribution in [3.05, 3.63) is 63.7 Å². The highest BCUT2D eigenvalue weighted by Crippen LogP contribution is 2.28. The maximum absolute atomic E-state index is 12.3. The second-order valence-electron chi connectivity index (χ2n) is 5.51. The number of amides is 1. The zero-order valence-electron chi connectivity index (χ0n) is 12.5. The molecule has 114 valence electrons. The molecular formula is C17H17NO4. The van der Waals surface area contributed by atoms with E-state index >= 15 is 0 Å². The molecule has 1 atom stereocenters. The number of hydrogen-bond donors (Lipinski definition) is 0. The summed E-state index contributed by atoms with van der Waals surface area (Å²) >= 11 is 0. The van der Waals surface area contributed by atoms with E-state index < -0.39 is 0 Å². The van der Waals surface area contributed by atoms with Crippen molar-refractivity contribution in [1.82, 2.24) is 4.90 Å². The summed E-state index contributed by atoms with van der Waals surface area (Å²) in [6.45, 7) is 2.08. The molecule has 0 radical (unpaired) electrons. The number of nitrogens with zero attached hydrogens (tertiary/aromatic N) is 1. The number of carbonyl (C=O) groups excluding carboxylic acids is 1. The molecule has 3 rings (SSSR count). The summed E-state index contributed by atoms with van der Waals surface area (Å²) in [7, 11) is 1.68. The Morgan fingerprint density at radius 3 is 2.82 bits per heavy atom. The van der Waals surface area contributed by atoms with E-state index in [9.17, 15) is 9.59 Å². The SMILES string of the molecule is Cc1cc(=O)cc(C(=O)N(C)CC2Cc3ccccc3O2)o1. The summed E-state index contributed by atoms with van der Waals surface area (Å²) in [4.78, 5) is 25.3. The van der Waals surface area contributed by atoms with E-state index in [1.54, 1.807) is 14.0 Å². The third kappa shape index (κ3) is 2.88. The maximum atomic E-state index is 12.3. The standard InChI is InChI=1S/C17H17NO4/c1-11-7-13(19)9-16(21-11)17(20)18(2)10-14-8-12-5-3-4-6-15(12)22-14/h3-7,9,14H,8,10H2,1-2H3. The Morgan fingerprint density at radius 1 is 1.32 bits per heavy atom. The van der Waals surface area contributed by atoms with Crippen LogP contribution in [0, 0.1) is 6.92 Å². The van der Waals surface area contributed by atoms with Gasteiger partial charge in [-0.2, -0.15) is 0 Å². The number of likely N-dealkylation sites (N-methyl/N-ethyl adjacent to an activating group) is 1. The van der Waals surface area contributed by atoms with Gasteiger partial charge in [-0.15, -0.1) is 0 Å². The Morgan fingerprint density at radius 2 is 2.09 bits per heavy atom. The molecule has 0 saturated carbocycles. The number of benzene rings is 1. The number of para-hydroxylation sites is 1. The third-order valence-corrected chi connectivity index (χ3v) is 3.64. The smallest absolute Gasteiger partial charge is 0.289 e. The predicted octanol–water partition coefficient (Wildman–Crippen LogP) is 2.02. The van der Waals surface area contributed by atoms with Crippen LogP contribution in [-0.2, 0) is 6.42 Å². The van der Waals surface area contributed by atoms with Crippen LogP contribution in [-0.4, -0.2) is 30.5 Å². The van der Waals surface area contributed by atoms with Crippen molar-refractivity contribution in [2.24, 2.45) is 0 Å². The van der Waals surface area contributed by atoms with Gasteiger partial charge in [0, 0.05) is 25.6 Å². The van der Waals surface area contributed by atoms with Crippen LogP contribution in [0.4, 0.5) is 0 Å². The van der Waals surface area contributed by atoms with Gasteiger partial charge in [-0.05, 0) is 18.6 Å². The number of hydrogen-bond acceptors (Lipinski definition) is 4. The Hall–Kier alpha value is -2.56. The van der Waals surface area contributed by atoms with E-state index in [1.807, 2.05) is 24.3 Å². The highest BCUT2D eigenvalue weighted by molar-refractivity contribution is 5.91. The van der Waals surface area contributed by atoms with Gasteiger partial charge in [-0.1, -0.05) is 18.2 Å². The van der Waals surface area contributed by atoms with Gasteiger partial charge in [0.25, 0.3) is 5.91 Å². The third-order valence-electron chi connectivity index (χ3n) is 3.64. The molecule has 1 aromatic heterocycles. The van der Waals surface area contributed by atoms with E-state index in [0.29, 0.717) is 12.3 Å². The summed E-state index contributed by atoms with van der Waals surface area (Å²) in [5.74, 6) is 1.03. The lowest BCUT2D eigenvalue weighted by Gasteiger charge is -2.20.